The molecule has 212 valence electrons. The minimum atomic E-state index is -1.09. The van der Waals surface area contributed by atoms with Gasteiger partial charge in [0, 0.05) is 18.0 Å². The van der Waals surface area contributed by atoms with Crippen molar-refractivity contribution in [2.45, 2.75) is 102 Å². The lowest BCUT2D eigenvalue weighted by Gasteiger charge is -2.61. The average molecular weight is 542 g/mol. The van der Waals surface area contributed by atoms with E-state index >= 15 is 0 Å². The summed E-state index contributed by atoms with van der Waals surface area (Å²) in [5.41, 5.74) is 0.727. The molecule has 9 heteroatoms. The Bertz CT molecular complexity index is 1250. The predicted molar refractivity (Wildman–Crippen MR) is 141 cm³/mol. The maximum Gasteiger partial charge on any atom is 0.347 e. The fourth-order valence-corrected chi connectivity index (χ4v) is 6.81. The van der Waals surface area contributed by atoms with Gasteiger partial charge in [-0.05, 0) is 78.3 Å². The van der Waals surface area contributed by atoms with Crippen molar-refractivity contribution < 1.29 is 38.4 Å². The number of aliphatic hydroxyl groups is 1. The quantitative estimate of drug-likeness (QED) is 0.429. The van der Waals surface area contributed by atoms with Crippen LogP contribution in [0.1, 0.15) is 70.6 Å². The van der Waals surface area contributed by atoms with E-state index in [2.05, 4.69) is 11.0 Å². The van der Waals surface area contributed by atoms with Crippen molar-refractivity contribution >= 4 is 17.9 Å². The van der Waals surface area contributed by atoms with Gasteiger partial charge in [-0.25, -0.2) is 4.79 Å². The van der Waals surface area contributed by atoms with Crippen LogP contribution in [0.3, 0.4) is 0 Å². The van der Waals surface area contributed by atoms with Crippen LogP contribution in [0.4, 0.5) is 0 Å². The van der Waals surface area contributed by atoms with Crippen LogP contribution in [0.2, 0.25) is 0 Å². The lowest BCUT2D eigenvalue weighted by atomic mass is 9.50. The van der Waals surface area contributed by atoms with Crippen molar-refractivity contribution in [2.75, 3.05) is 13.6 Å². The number of esters is 3. The van der Waals surface area contributed by atoms with Crippen molar-refractivity contribution in [3.63, 3.8) is 0 Å². The molecule has 2 heterocycles. The van der Waals surface area contributed by atoms with E-state index < -0.39 is 52.7 Å². The number of carbonyl (C=O) groups excluding carboxylic acids is 3. The lowest BCUT2D eigenvalue weighted by molar-refractivity contribution is -0.176. The number of piperidine rings is 1. The highest BCUT2D eigenvalue weighted by atomic mass is 16.6. The molecule has 2 aliphatic carbocycles. The Morgan fingerprint density at radius 1 is 1.21 bits per heavy atom. The summed E-state index contributed by atoms with van der Waals surface area (Å²) in [6.07, 6.45) is 1.52. The smallest absolute Gasteiger partial charge is 0.347 e. The monoisotopic (exact) mass is 541 g/mol. The van der Waals surface area contributed by atoms with E-state index in [4.69, 9.17) is 18.9 Å². The molecule has 5 rings (SSSR count). The molecule has 0 amide bonds. The number of aryl methyl sites for hydroxylation is 1. The summed E-state index contributed by atoms with van der Waals surface area (Å²) in [7, 11) is 2.05. The number of hydrogen-bond donors (Lipinski definition) is 1. The maximum absolute atomic E-state index is 13.2. The largest absolute Gasteiger partial charge is 0.481 e. The van der Waals surface area contributed by atoms with Gasteiger partial charge in [-0.2, -0.15) is 0 Å². The second-order valence-corrected chi connectivity index (χ2v) is 12.6. The molecule has 0 saturated carbocycles. The number of likely N-dealkylation sites (tertiary alicyclic amines) is 1. The van der Waals surface area contributed by atoms with Crippen molar-refractivity contribution in [3.05, 3.63) is 40.7 Å². The minimum absolute atomic E-state index is 0.0762. The molecule has 1 aromatic rings. The number of nitrogens with zero attached hydrogens (tertiary/aromatic N) is 1. The second-order valence-electron chi connectivity index (χ2n) is 12.6. The molecule has 1 fully saturated rings. The molecule has 1 saturated heterocycles. The van der Waals surface area contributed by atoms with Gasteiger partial charge in [0.05, 0.1) is 23.4 Å². The standard InChI is InChI=1S/C30H39NO8/c1-16-8-9-19-15-21-30(35)11-10-20(25-29(30,12-13-31(21)7)23(19)24(16)38-25)37-26(33)17(2)14-22(32)36-18(3)27(34)39-28(4,5)6/h8-10,17-18,21,25,35H,11-15H2,1-7H3/t17-,18-,21+,25-,29-,30+/m0/s1. The molecular formula is C30H39NO8. The molecule has 2 bridgehead atoms. The summed E-state index contributed by atoms with van der Waals surface area (Å²) in [6, 6.07) is 4.10. The van der Waals surface area contributed by atoms with Gasteiger partial charge in [-0.3, -0.25) is 9.59 Å². The molecule has 6 atom stereocenters. The molecule has 9 nitrogen and oxygen atoms in total. The first-order valence-electron chi connectivity index (χ1n) is 13.7. The van der Waals surface area contributed by atoms with Crippen LogP contribution in [0.15, 0.2) is 24.0 Å². The molecule has 2 aliphatic heterocycles. The first-order valence-corrected chi connectivity index (χ1v) is 13.7. The van der Waals surface area contributed by atoms with Crippen molar-refractivity contribution in [1.29, 1.82) is 0 Å². The second kappa shape index (κ2) is 9.34. The van der Waals surface area contributed by atoms with E-state index in [0.717, 1.165) is 29.8 Å². The van der Waals surface area contributed by atoms with E-state index in [0.29, 0.717) is 18.6 Å². The van der Waals surface area contributed by atoms with Gasteiger partial charge in [-0.1, -0.05) is 19.1 Å². The predicted octanol–water partition coefficient (Wildman–Crippen LogP) is 3.12. The zero-order valence-electron chi connectivity index (χ0n) is 23.8. The van der Waals surface area contributed by atoms with Gasteiger partial charge in [0.1, 0.15) is 17.1 Å². The Morgan fingerprint density at radius 2 is 1.92 bits per heavy atom. The van der Waals surface area contributed by atoms with Crippen LogP contribution in [0.5, 0.6) is 5.75 Å². The van der Waals surface area contributed by atoms with Crippen LogP contribution >= 0.6 is 0 Å². The molecule has 0 aromatic heterocycles. The highest BCUT2D eigenvalue weighted by molar-refractivity contribution is 5.83. The third kappa shape index (κ3) is 4.34. The van der Waals surface area contributed by atoms with Gasteiger partial charge in [0.25, 0.3) is 0 Å². The molecule has 0 unspecified atom stereocenters. The Kier molecular flexibility index (Phi) is 6.62. The van der Waals surface area contributed by atoms with Crippen LogP contribution in [-0.2, 0) is 40.4 Å². The molecule has 39 heavy (non-hydrogen) atoms. The Labute approximate surface area is 229 Å². The van der Waals surface area contributed by atoms with Crippen molar-refractivity contribution in [1.82, 2.24) is 4.90 Å². The summed E-state index contributed by atoms with van der Waals surface area (Å²) < 4.78 is 22.9. The highest BCUT2D eigenvalue weighted by Gasteiger charge is 2.71. The fraction of sp³-hybridized carbons (Fsp3) is 0.633. The van der Waals surface area contributed by atoms with Crippen LogP contribution in [0, 0.1) is 12.8 Å². The topological polar surface area (TPSA) is 112 Å². The molecule has 0 radical (unpaired) electrons. The van der Waals surface area contributed by atoms with E-state index in [9.17, 15) is 19.5 Å². The summed E-state index contributed by atoms with van der Waals surface area (Å²) in [5, 5.41) is 12.2. The van der Waals surface area contributed by atoms with E-state index in [1.807, 2.05) is 20.0 Å². The summed E-state index contributed by atoms with van der Waals surface area (Å²) in [6.45, 7) is 11.0. The van der Waals surface area contributed by atoms with Crippen LogP contribution < -0.4 is 4.74 Å². The third-order valence-electron chi connectivity index (χ3n) is 8.71. The summed E-state index contributed by atoms with van der Waals surface area (Å²) >= 11 is 0. The third-order valence-corrected chi connectivity index (χ3v) is 8.71. The Hall–Kier alpha value is -2.91. The minimum Gasteiger partial charge on any atom is -0.481 e. The summed E-state index contributed by atoms with van der Waals surface area (Å²) in [4.78, 5) is 40.0. The summed E-state index contributed by atoms with van der Waals surface area (Å²) in [5.74, 6) is -1.61. The number of benzene rings is 1. The molecule has 4 aliphatic rings. The van der Waals surface area contributed by atoms with Gasteiger partial charge in [0.2, 0.25) is 0 Å². The number of hydrogen-bond acceptors (Lipinski definition) is 9. The first-order chi connectivity index (χ1) is 18.2. The number of likely N-dealkylation sites (N-methyl/N-ethyl adjacent to an activating group) is 1. The number of rotatable bonds is 6. The zero-order chi connectivity index (χ0) is 28.5. The van der Waals surface area contributed by atoms with Gasteiger partial charge < -0.3 is 29.0 Å². The Morgan fingerprint density at radius 3 is 2.62 bits per heavy atom. The van der Waals surface area contributed by atoms with Gasteiger partial charge in [-0.15, -0.1) is 0 Å². The lowest BCUT2D eigenvalue weighted by Crippen LogP contribution is -2.74. The molecule has 1 spiro atoms. The van der Waals surface area contributed by atoms with Crippen molar-refractivity contribution in [3.8, 4) is 5.75 Å². The SMILES string of the molecule is Cc1ccc2c3c1O[C@H]1C(OC(=O)[C@@H](C)CC(=O)O[C@@H](C)C(=O)OC(C)(C)C)=CC[C@@]4(O)[C@@H](C2)N(C)CC[C@]314. The first kappa shape index (κ1) is 27.6. The van der Waals surface area contributed by atoms with Crippen molar-refractivity contribution in [2.24, 2.45) is 5.92 Å². The fourth-order valence-electron chi connectivity index (χ4n) is 6.81. The van der Waals surface area contributed by atoms with Gasteiger partial charge >= 0.3 is 17.9 Å². The van der Waals surface area contributed by atoms with E-state index in [-0.39, 0.29) is 12.5 Å². The van der Waals surface area contributed by atoms with Crippen LogP contribution in [-0.4, -0.2) is 71.0 Å². The van der Waals surface area contributed by atoms with E-state index in [1.165, 1.54) is 12.5 Å². The number of ether oxygens (including phenoxy) is 4. The number of carbonyl (C=O) groups is 3. The maximum atomic E-state index is 13.2. The van der Waals surface area contributed by atoms with Gasteiger partial charge in [0.15, 0.2) is 12.2 Å². The van der Waals surface area contributed by atoms with Crippen LogP contribution in [0.25, 0.3) is 0 Å². The highest BCUT2D eigenvalue weighted by Crippen LogP contribution is 2.64. The molecular weight excluding hydrogens is 502 g/mol. The van der Waals surface area contributed by atoms with E-state index in [1.54, 1.807) is 33.8 Å². The molecule has 1 N–H and O–H groups in total. The average Bonchev–Trinajstić information content (AvgIpc) is 3.19. The molecule has 1 aromatic carbocycles. The zero-order valence-corrected chi connectivity index (χ0v) is 23.8. The normalized spacial score (nSPS) is 30.3. The Balaban J connectivity index is 1.32.